The van der Waals surface area contributed by atoms with Crippen LogP contribution in [0.2, 0.25) is 0 Å². The van der Waals surface area contributed by atoms with Crippen molar-refractivity contribution in [3.05, 3.63) is 57.8 Å². The molecule has 0 aromatic heterocycles. The molecule has 2 rings (SSSR count). The van der Waals surface area contributed by atoms with E-state index in [1.165, 1.54) is 6.07 Å². The van der Waals surface area contributed by atoms with Crippen molar-refractivity contribution in [2.24, 2.45) is 0 Å². The van der Waals surface area contributed by atoms with Gasteiger partial charge in [0.15, 0.2) is 11.6 Å². The van der Waals surface area contributed by atoms with Crippen molar-refractivity contribution in [3.63, 3.8) is 0 Å². The Morgan fingerprint density at radius 1 is 1.15 bits per heavy atom. The second-order valence-corrected chi connectivity index (χ2v) is 5.64. The van der Waals surface area contributed by atoms with Crippen LogP contribution in [0.5, 0.6) is 11.5 Å². The van der Waals surface area contributed by atoms with Crippen molar-refractivity contribution in [1.29, 1.82) is 0 Å². The predicted octanol–water partition coefficient (Wildman–Crippen LogP) is 4.97. The summed E-state index contributed by atoms with van der Waals surface area (Å²) in [5.74, 6) is 0.540. The molecule has 20 heavy (non-hydrogen) atoms. The number of benzene rings is 2. The fourth-order valence-corrected chi connectivity index (χ4v) is 2.29. The number of halogens is 2. The Kier molecular flexibility index (Phi) is 4.78. The third-order valence-electron chi connectivity index (χ3n) is 3.18. The van der Waals surface area contributed by atoms with Gasteiger partial charge in [-0.05, 0) is 56.8 Å². The maximum Gasteiger partial charge on any atom is 0.165 e. The minimum atomic E-state index is -0.360. The molecule has 2 aromatic carbocycles. The molecule has 0 amide bonds. The smallest absolute Gasteiger partial charge is 0.165 e. The van der Waals surface area contributed by atoms with E-state index in [-0.39, 0.29) is 17.6 Å². The molecule has 0 fully saturated rings. The van der Waals surface area contributed by atoms with Gasteiger partial charge in [0, 0.05) is 16.1 Å². The lowest BCUT2D eigenvalue weighted by Gasteiger charge is -2.17. The molecule has 1 N–H and O–H groups in total. The van der Waals surface area contributed by atoms with Crippen molar-refractivity contribution in [2.45, 2.75) is 19.9 Å². The van der Waals surface area contributed by atoms with E-state index >= 15 is 0 Å². The Morgan fingerprint density at radius 2 is 1.90 bits per heavy atom. The highest BCUT2D eigenvalue weighted by atomic mass is 79.9. The van der Waals surface area contributed by atoms with Crippen molar-refractivity contribution < 1.29 is 9.13 Å². The number of rotatable bonds is 4. The summed E-state index contributed by atoms with van der Waals surface area (Å²) < 4.78 is 20.5. The van der Waals surface area contributed by atoms with Crippen molar-refractivity contribution in [2.75, 3.05) is 7.05 Å². The van der Waals surface area contributed by atoms with Gasteiger partial charge in [-0.25, -0.2) is 4.39 Å². The molecule has 0 bridgehead atoms. The summed E-state index contributed by atoms with van der Waals surface area (Å²) >= 11 is 3.45. The largest absolute Gasteiger partial charge is 0.454 e. The van der Waals surface area contributed by atoms with Gasteiger partial charge in [0.05, 0.1) is 0 Å². The summed E-state index contributed by atoms with van der Waals surface area (Å²) in [5, 5.41) is 3.17. The van der Waals surface area contributed by atoms with Gasteiger partial charge in [0.25, 0.3) is 0 Å². The zero-order valence-corrected chi connectivity index (χ0v) is 13.3. The lowest BCUT2D eigenvalue weighted by molar-refractivity contribution is 0.431. The van der Waals surface area contributed by atoms with Crippen LogP contribution < -0.4 is 10.1 Å². The fraction of sp³-hybridized carbons (Fsp3) is 0.250. The third kappa shape index (κ3) is 3.38. The molecular weight excluding hydrogens is 321 g/mol. The third-order valence-corrected chi connectivity index (χ3v) is 3.67. The first-order valence-electron chi connectivity index (χ1n) is 6.42. The first-order chi connectivity index (χ1) is 9.51. The SMILES string of the molecule is CNC(C)c1cc(Br)ccc1Oc1cc(C)ccc1F. The second-order valence-electron chi connectivity index (χ2n) is 4.73. The van der Waals surface area contributed by atoms with Crippen molar-refractivity contribution in [1.82, 2.24) is 5.32 Å². The normalized spacial score (nSPS) is 12.2. The molecule has 106 valence electrons. The summed E-state index contributed by atoms with van der Waals surface area (Å²) in [6.45, 7) is 3.94. The van der Waals surface area contributed by atoms with E-state index in [4.69, 9.17) is 4.74 Å². The Labute approximate surface area is 127 Å². The molecule has 0 spiro atoms. The van der Waals surface area contributed by atoms with Crippen LogP contribution >= 0.6 is 15.9 Å². The van der Waals surface area contributed by atoms with E-state index < -0.39 is 0 Å². The predicted molar refractivity (Wildman–Crippen MR) is 82.8 cm³/mol. The van der Waals surface area contributed by atoms with Crippen molar-refractivity contribution in [3.8, 4) is 11.5 Å². The summed E-state index contributed by atoms with van der Waals surface area (Å²) in [6, 6.07) is 10.7. The Morgan fingerprint density at radius 3 is 2.60 bits per heavy atom. The maximum atomic E-state index is 13.8. The first kappa shape index (κ1) is 15.0. The Bertz CT molecular complexity index is 615. The molecular formula is C16H17BrFNO. The molecule has 0 saturated carbocycles. The minimum Gasteiger partial charge on any atom is -0.454 e. The Balaban J connectivity index is 2.40. The fourth-order valence-electron chi connectivity index (χ4n) is 1.91. The molecule has 0 aliphatic rings. The number of aryl methyl sites for hydroxylation is 1. The minimum absolute atomic E-state index is 0.107. The van der Waals surface area contributed by atoms with Gasteiger partial charge in [0.2, 0.25) is 0 Å². The van der Waals surface area contributed by atoms with Crippen LogP contribution in [-0.4, -0.2) is 7.05 Å². The molecule has 2 aromatic rings. The quantitative estimate of drug-likeness (QED) is 0.850. The van der Waals surface area contributed by atoms with E-state index in [0.717, 1.165) is 15.6 Å². The molecule has 0 radical (unpaired) electrons. The highest BCUT2D eigenvalue weighted by molar-refractivity contribution is 9.10. The first-order valence-corrected chi connectivity index (χ1v) is 7.21. The molecule has 0 aliphatic heterocycles. The van der Waals surface area contributed by atoms with Crippen LogP contribution in [0, 0.1) is 12.7 Å². The molecule has 0 aliphatic carbocycles. The zero-order chi connectivity index (χ0) is 14.7. The van der Waals surface area contributed by atoms with Gasteiger partial charge in [0.1, 0.15) is 5.75 Å². The van der Waals surface area contributed by atoms with Crippen LogP contribution in [0.4, 0.5) is 4.39 Å². The van der Waals surface area contributed by atoms with Gasteiger partial charge >= 0.3 is 0 Å². The standard InChI is InChI=1S/C16H17BrFNO/c1-10-4-6-14(18)16(8-10)20-15-7-5-12(17)9-13(15)11(2)19-3/h4-9,11,19H,1-3H3. The molecule has 4 heteroatoms. The van der Waals surface area contributed by atoms with Crippen molar-refractivity contribution >= 4 is 15.9 Å². The Hall–Kier alpha value is -1.39. The lowest BCUT2D eigenvalue weighted by atomic mass is 10.1. The summed E-state index contributed by atoms with van der Waals surface area (Å²) in [6.07, 6.45) is 0. The van der Waals surface area contributed by atoms with Gasteiger partial charge < -0.3 is 10.1 Å². The molecule has 0 saturated heterocycles. The average molecular weight is 338 g/mol. The summed E-state index contributed by atoms with van der Waals surface area (Å²) in [5.41, 5.74) is 1.93. The molecule has 1 atom stereocenters. The topological polar surface area (TPSA) is 21.3 Å². The van der Waals surface area contributed by atoms with Gasteiger partial charge in [-0.2, -0.15) is 0 Å². The van der Waals surface area contributed by atoms with Gasteiger partial charge in [-0.3, -0.25) is 0 Å². The van der Waals surface area contributed by atoms with Gasteiger partial charge in [-0.15, -0.1) is 0 Å². The highest BCUT2D eigenvalue weighted by Crippen LogP contribution is 2.33. The lowest BCUT2D eigenvalue weighted by Crippen LogP contribution is -2.13. The molecule has 1 unspecified atom stereocenters. The number of hydrogen-bond donors (Lipinski definition) is 1. The van der Waals surface area contributed by atoms with Crippen LogP contribution in [0.1, 0.15) is 24.1 Å². The van der Waals surface area contributed by atoms with E-state index in [1.54, 1.807) is 12.1 Å². The number of hydrogen-bond acceptors (Lipinski definition) is 2. The molecule has 0 heterocycles. The van der Waals surface area contributed by atoms with E-state index in [9.17, 15) is 4.39 Å². The zero-order valence-electron chi connectivity index (χ0n) is 11.7. The summed E-state index contributed by atoms with van der Waals surface area (Å²) in [7, 11) is 1.88. The number of ether oxygens (including phenoxy) is 1. The number of nitrogens with one attached hydrogen (secondary N) is 1. The van der Waals surface area contributed by atoms with Gasteiger partial charge in [-0.1, -0.05) is 22.0 Å². The highest BCUT2D eigenvalue weighted by Gasteiger charge is 2.13. The van der Waals surface area contributed by atoms with Crippen LogP contribution in [-0.2, 0) is 0 Å². The van der Waals surface area contributed by atoms with E-state index in [0.29, 0.717) is 5.75 Å². The van der Waals surface area contributed by atoms with Crippen LogP contribution in [0.3, 0.4) is 0 Å². The van der Waals surface area contributed by atoms with Crippen LogP contribution in [0.15, 0.2) is 40.9 Å². The van der Waals surface area contributed by atoms with E-state index in [2.05, 4.69) is 21.2 Å². The monoisotopic (exact) mass is 337 g/mol. The molecule has 2 nitrogen and oxygen atoms in total. The van der Waals surface area contributed by atoms with E-state index in [1.807, 2.05) is 39.1 Å². The average Bonchev–Trinajstić information content (AvgIpc) is 2.43. The maximum absolute atomic E-state index is 13.8. The second kappa shape index (κ2) is 6.37. The van der Waals surface area contributed by atoms with Crippen LogP contribution in [0.25, 0.3) is 0 Å². The summed E-state index contributed by atoms with van der Waals surface area (Å²) in [4.78, 5) is 0.